The third-order valence-electron chi connectivity index (χ3n) is 3.02. The van der Waals surface area contributed by atoms with Crippen molar-refractivity contribution in [1.82, 2.24) is 4.37 Å². The highest BCUT2D eigenvalue weighted by molar-refractivity contribution is 7.10. The SMILES string of the molecule is Cc1nsc(NCC(C)C(C)(C)C)c1C#N. The van der Waals surface area contributed by atoms with Gasteiger partial charge in [-0.25, -0.2) is 0 Å². The first-order valence-corrected chi connectivity index (χ1v) is 6.24. The molecular weight excluding hydrogens is 218 g/mol. The molecule has 1 heterocycles. The third kappa shape index (κ3) is 2.96. The molecule has 0 aliphatic carbocycles. The lowest BCUT2D eigenvalue weighted by atomic mass is 9.82. The van der Waals surface area contributed by atoms with Gasteiger partial charge in [-0.05, 0) is 29.8 Å². The first-order chi connectivity index (χ1) is 7.36. The van der Waals surface area contributed by atoms with Gasteiger partial charge in [-0.3, -0.25) is 0 Å². The quantitative estimate of drug-likeness (QED) is 0.876. The Kier molecular flexibility index (Phi) is 3.93. The Morgan fingerprint density at radius 3 is 2.62 bits per heavy atom. The van der Waals surface area contributed by atoms with Crippen LogP contribution in [0, 0.1) is 29.6 Å². The Morgan fingerprint density at radius 2 is 2.12 bits per heavy atom. The largest absolute Gasteiger partial charge is 0.374 e. The molecule has 0 spiro atoms. The highest BCUT2D eigenvalue weighted by Crippen LogP contribution is 2.28. The summed E-state index contributed by atoms with van der Waals surface area (Å²) in [5.74, 6) is 0.543. The molecule has 0 saturated heterocycles. The zero-order valence-corrected chi connectivity index (χ0v) is 11.4. The fraction of sp³-hybridized carbons (Fsp3) is 0.667. The normalized spacial score (nSPS) is 13.2. The molecule has 1 rings (SSSR count). The maximum absolute atomic E-state index is 8.99. The summed E-state index contributed by atoms with van der Waals surface area (Å²) in [7, 11) is 0. The number of rotatable bonds is 3. The zero-order chi connectivity index (χ0) is 12.3. The summed E-state index contributed by atoms with van der Waals surface area (Å²) in [5.41, 5.74) is 1.78. The van der Waals surface area contributed by atoms with E-state index >= 15 is 0 Å². The van der Waals surface area contributed by atoms with Crippen LogP contribution in [-0.4, -0.2) is 10.9 Å². The highest BCUT2D eigenvalue weighted by atomic mass is 32.1. The molecule has 3 nitrogen and oxygen atoms in total. The summed E-state index contributed by atoms with van der Waals surface area (Å²) in [6.07, 6.45) is 0. The predicted octanol–water partition coefficient (Wildman–Crippen LogP) is 3.42. The van der Waals surface area contributed by atoms with E-state index in [1.165, 1.54) is 11.5 Å². The van der Waals surface area contributed by atoms with Gasteiger partial charge in [0.15, 0.2) is 0 Å². The van der Waals surface area contributed by atoms with Crippen LogP contribution >= 0.6 is 11.5 Å². The van der Waals surface area contributed by atoms with E-state index < -0.39 is 0 Å². The molecule has 0 bridgehead atoms. The minimum atomic E-state index is 0.277. The first kappa shape index (κ1) is 13.0. The van der Waals surface area contributed by atoms with Gasteiger partial charge in [0.2, 0.25) is 0 Å². The van der Waals surface area contributed by atoms with Crippen LogP contribution in [-0.2, 0) is 0 Å². The molecule has 0 fully saturated rings. The Labute approximate surface area is 102 Å². The number of aryl methyl sites for hydroxylation is 1. The molecule has 0 saturated carbocycles. The van der Waals surface area contributed by atoms with Crippen LogP contribution in [0.1, 0.15) is 39.0 Å². The molecule has 88 valence electrons. The summed E-state index contributed by atoms with van der Waals surface area (Å²) in [5, 5.41) is 13.2. The summed E-state index contributed by atoms with van der Waals surface area (Å²) in [6, 6.07) is 2.19. The van der Waals surface area contributed by atoms with E-state index in [2.05, 4.69) is 43.5 Å². The second-order valence-corrected chi connectivity index (χ2v) is 6.01. The lowest BCUT2D eigenvalue weighted by molar-refractivity contribution is 0.275. The number of hydrogen-bond donors (Lipinski definition) is 1. The van der Waals surface area contributed by atoms with Gasteiger partial charge in [0.1, 0.15) is 16.6 Å². The first-order valence-electron chi connectivity index (χ1n) is 5.46. The second kappa shape index (κ2) is 4.84. The van der Waals surface area contributed by atoms with E-state index in [0.717, 1.165) is 17.2 Å². The van der Waals surface area contributed by atoms with Crippen molar-refractivity contribution < 1.29 is 0 Å². The van der Waals surface area contributed by atoms with E-state index in [0.29, 0.717) is 11.5 Å². The zero-order valence-electron chi connectivity index (χ0n) is 10.6. The molecular formula is C12H19N3S. The lowest BCUT2D eigenvalue weighted by Crippen LogP contribution is -2.24. The standard InChI is InChI=1S/C12H19N3S/c1-8(12(3,4)5)7-14-11-10(6-13)9(2)15-16-11/h8,14H,7H2,1-5H3. The lowest BCUT2D eigenvalue weighted by Gasteiger charge is -2.27. The van der Waals surface area contributed by atoms with Gasteiger partial charge in [-0.1, -0.05) is 27.7 Å². The molecule has 0 radical (unpaired) electrons. The van der Waals surface area contributed by atoms with Crippen LogP contribution in [0.4, 0.5) is 5.00 Å². The molecule has 0 amide bonds. The van der Waals surface area contributed by atoms with Crippen molar-refractivity contribution in [3.05, 3.63) is 11.3 Å². The van der Waals surface area contributed by atoms with Gasteiger partial charge in [-0.2, -0.15) is 9.64 Å². The Hall–Kier alpha value is -1.08. The van der Waals surface area contributed by atoms with Crippen LogP contribution in [0.3, 0.4) is 0 Å². The van der Waals surface area contributed by atoms with Gasteiger partial charge < -0.3 is 5.32 Å². The van der Waals surface area contributed by atoms with Crippen molar-refractivity contribution in [3.63, 3.8) is 0 Å². The molecule has 16 heavy (non-hydrogen) atoms. The maximum Gasteiger partial charge on any atom is 0.127 e. The van der Waals surface area contributed by atoms with Crippen molar-refractivity contribution in [2.75, 3.05) is 11.9 Å². The molecule has 0 aromatic carbocycles. The summed E-state index contributed by atoms with van der Waals surface area (Å²) in [4.78, 5) is 0. The number of nitriles is 1. The predicted molar refractivity (Wildman–Crippen MR) is 68.7 cm³/mol. The van der Waals surface area contributed by atoms with Crippen molar-refractivity contribution in [2.45, 2.75) is 34.6 Å². The van der Waals surface area contributed by atoms with Gasteiger partial charge in [0.25, 0.3) is 0 Å². The average Bonchev–Trinajstić information content (AvgIpc) is 2.54. The maximum atomic E-state index is 8.99. The minimum absolute atomic E-state index is 0.277. The molecule has 1 unspecified atom stereocenters. The smallest absolute Gasteiger partial charge is 0.127 e. The number of anilines is 1. The molecule has 0 aliphatic rings. The average molecular weight is 237 g/mol. The van der Waals surface area contributed by atoms with Crippen molar-refractivity contribution in [3.8, 4) is 6.07 Å². The van der Waals surface area contributed by atoms with Crippen LogP contribution in [0.5, 0.6) is 0 Å². The van der Waals surface area contributed by atoms with Crippen LogP contribution in [0.2, 0.25) is 0 Å². The number of nitrogens with zero attached hydrogens (tertiary/aromatic N) is 2. The number of aromatic nitrogens is 1. The number of nitrogens with one attached hydrogen (secondary N) is 1. The van der Waals surface area contributed by atoms with Crippen LogP contribution < -0.4 is 5.32 Å². The topological polar surface area (TPSA) is 48.7 Å². The van der Waals surface area contributed by atoms with Gasteiger partial charge in [-0.15, -0.1) is 0 Å². The molecule has 1 atom stereocenters. The van der Waals surface area contributed by atoms with Gasteiger partial charge >= 0.3 is 0 Å². The summed E-state index contributed by atoms with van der Waals surface area (Å²) in [6.45, 7) is 11.6. The van der Waals surface area contributed by atoms with E-state index in [-0.39, 0.29) is 5.41 Å². The molecule has 0 aliphatic heterocycles. The third-order valence-corrected chi connectivity index (χ3v) is 3.92. The Bertz CT molecular complexity index is 395. The fourth-order valence-electron chi connectivity index (χ4n) is 1.17. The molecule has 1 N–H and O–H groups in total. The van der Waals surface area contributed by atoms with Crippen molar-refractivity contribution in [1.29, 1.82) is 5.26 Å². The van der Waals surface area contributed by atoms with E-state index in [4.69, 9.17) is 5.26 Å². The van der Waals surface area contributed by atoms with Crippen molar-refractivity contribution in [2.24, 2.45) is 11.3 Å². The fourth-order valence-corrected chi connectivity index (χ4v) is 1.93. The van der Waals surface area contributed by atoms with Crippen LogP contribution in [0.25, 0.3) is 0 Å². The van der Waals surface area contributed by atoms with E-state index in [1.54, 1.807) is 0 Å². The van der Waals surface area contributed by atoms with Crippen LogP contribution in [0.15, 0.2) is 0 Å². The second-order valence-electron chi connectivity index (χ2n) is 5.23. The summed E-state index contributed by atoms with van der Waals surface area (Å²) >= 11 is 1.37. The van der Waals surface area contributed by atoms with Gasteiger partial charge in [0.05, 0.1) is 5.69 Å². The van der Waals surface area contributed by atoms with Crippen molar-refractivity contribution >= 4 is 16.5 Å². The highest BCUT2D eigenvalue weighted by Gasteiger charge is 2.20. The Balaban J connectivity index is 2.66. The molecule has 1 aromatic rings. The monoisotopic (exact) mass is 237 g/mol. The van der Waals surface area contributed by atoms with Gasteiger partial charge in [0, 0.05) is 6.54 Å². The summed E-state index contributed by atoms with van der Waals surface area (Å²) < 4.78 is 4.18. The molecule has 4 heteroatoms. The molecule has 1 aromatic heterocycles. The Morgan fingerprint density at radius 1 is 1.50 bits per heavy atom. The number of hydrogen-bond acceptors (Lipinski definition) is 4. The van der Waals surface area contributed by atoms with E-state index in [1.807, 2.05) is 6.92 Å². The minimum Gasteiger partial charge on any atom is -0.374 e. The van der Waals surface area contributed by atoms with E-state index in [9.17, 15) is 0 Å².